The minimum Gasteiger partial charge on any atom is -0.508 e. The van der Waals surface area contributed by atoms with Crippen LogP contribution in [0.2, 0.25) is 0 Å². The molecule has 0 saturated carbocycles. The Morgan fingerprint density at radius 1 is 1.22 bits per heavy atom. The van der Waals surface area contributed by atoms with Crippen LogP contribution in [0.4, 0.5) is 0 Å². The Kier molecular flexibility index (Phi) is 8.41. The van der Waals surface area contributed by atoms with Crippen LogP contribution in [0.5, 0.6) is 28.7 Å². The maximum atomic E-state index is 11.8. The third-order valence-corrected chi connectivity index (χ3v) is 4.77. The molecule has 0 radical (unpaired) electrons. The Hall–Kier alpha value is -3.17. The van der Waals surface area contributed by atoms with Crippen LogP contribution in [0.1, 0.15) is 12.5 Å². The fourth-order valence-electron chi connectivity index (χ4n) is 3.14. The highest BCUT2D eigenvalue weighted by Crippen LogP contribution is 2.33. The zero-order valence-corrected chi connectivity index (χ0v) is 18.2. The van der Waals surface area contributed by atoms with Crippen molar-refractivity contribution in [2.45, 2.75) is 25.6 Å². The van der Waals surface area contributed by atoms with Gasteiger partial charge in [-0.3, -0.25) is 0 Å². The number of hydrogen-bond acceptors (Lipinski definition) is 9. The van der Waals surface area contributed by atoms with Gasteiger partial charge in [0, 0.05) is 12.6 Å². The summed E-state index contributed by atoms with van der Waals surface area (Å²) in [5, 5.41) is 22.8. The number of hydrogen-bond donors (Lipinski definition) is 3. The van der Waals surface area contributed by atoms with E-state index in [2.05, 4.69) is 5.32 Å². The first-order valence-electron chi connectivity index (χ1n) is 10.5. The average Bonchev–Trinajstić information content (AvgIpc) is 2.80. The molecule has 0 aromatic heterocycles. The molecule has 9 nitrogen and oxygen atoms in total. The minimum absolute atomic E-state index is 0.0781. The van der Waals surface area contributed by atoms with E-state index < -0.39 is 18.2 Å². The molecule has 3 rings (SSSR count). The summed E-state index contributed by atoms with van der Waals surface area (Å²) in [7, 11) is 1.48. The summed E-state index contributed by atoms with van der Waals surface area (Å²) in [5.74, 6) is 1.61. The molecule has 174 valence electrons. The number of benzene rings is 2. The van der Waals surface area contributed by atoms with Crippen molar-refractivity contribution in [3.63, 3.8) is 0 Å². The molecule has 0 saturated heterocycles. The molecule has 0 bridgehead atoms. The highest BCUT2D eigenvalue weighted by atomic mass is 16.6. The number of esters is 1. The number of phenolic OH excluding ortho intramolecular Hbond substituents is 1. The van der Waals surface area contributed by atoms with E-state index >= 15 is 0 Å². The highest BCUT2D eigenvalue weighted by Gasteiger charge is 2.28. The maximum absolute atomic E-state index is 11.8. The van der Waals surface area contributed by atoms with Gasteiger partial charge in [-0.1, -0.05) is 6.07 Å². The first-order valence-corrected chi connectivity index (χ1v) is 10.5. The van der Waals surface area contributed by atoms with Gasteiger partial charge >= 0.3 is 5.97 Å². The number of carbonyl (C=O) groups is 1. The van der Waals surface area contributed by atoms with Crippen molar-refractivity contribution in [3.05, 3.63) is 42.0 Å². The summed E-state index contributed by atoms with van der Waals surface area (Å²) in [6.07, 6.45) is -0.745. The van der Waals surface area contributed by atoms with Crippen LogP contribution in [0.15, 0.2) is 36.4 Å². The van der Waals surface area contributed by atoms with Gasteiger partial charge in [-0.2, -0.15) is 0 Å². The number of aliphatic hydroxyl groups is 1. The van der Waals surface area contributed by atoms with E-state index in [4.69, 9.17) is 23.7 Å². The van der Waals surface area contributed by atoms with Crippen molar-refractivity contribution in [1.29, 1.82) is 0 Å². The van der Waals surface area contributed by atoms with Gasteiger partial charge in [-0.25, -0.2) is 4.79 Å². The van der Waals surface area contributed by atoms with Gasteiger partial charge < -0.3 is 39.2 Å². The number of aliphatic hydroxyl groups excluding tert-OH is 1. The van der Waals surface area contributed by atoms with Gasteiger partial charge in [0.05, 0.1) is 13.7 Å². The molecular formula is C23H29NO8. The van der Waals surface area contributed by atoms with Crippen LogP contribution in [0.25, 0.3) is 0 Å². The number of carbonyl (C=O) groups excluding carboxylic acids is 1. The molecule has 3 N–H and O–H groups in total. The Balaban J connectivity index is 1.39. The van der Waals surface area contributed by atoms with Gasteiger partial charge in [0.15, 0.2) is 23.0 Å². The number of aromatic hydroxyl groups is 1. The molecule has 1 heterocycles. The SMILES string of the molecule is CCOC(=O)[C@H]1COc2cc(CCNC[C@H](O)COc3ccc(O)cc3OC)ccc2O1. The summed E-state index contributed by atoms with van der Waals surface area (Å²) in [4.78, 5) is 11.8. The smallest absolute Gasteiger partial charge is 0.350 e. The van der Waals surface area contributed by atoms with Crippen LogP contribution >= 0.6 is 0 Å². The molecule has 2 aromatic carbocycles. The number of fused-ring (bicyclic) bond motifs is 1. The lowest BCUT2D eigenvalue weighted by molar-refractivity contribution is -0.153. The summed E-state index contributed by atoms with van der Waals surface area (Å²) in [6, 6.07) is 10.1. The molecule has 0 aliphatic carbocycles. The number of methoxy groups -OCH3 is 1. The fourth-order valence-corrected chi connectivity index (χ4v) is 3.14. The standard InChI is InChI=1S/C23H29NO8/c1-3-29-23(27)22-14-31-21-10-15(4-6-19(21)32-22)8-9-24-12-17(26)13-30-18-7-5-16(25)11-20(18)28-2/h4-7,10-11,17,22,24-26H,3,8-9,12-14H2,1-2H3/t17-,22+/m0/s1. The first-order chi connectivity index (χ1) is 15.5. The monoisotopic (exact) mass is 447 g/mol. The Bertz CT molecular complexity index is 904. The number of phenols is 1. The second kappa shape index (κ2) is 11.4. The Morgan fingerprint density at radius 3 is 2.84 bits per heavy atom. The minimum atomic E-state index is -0.750. The zero-order chi connectivity index (χ0) is 22.9. The van der Waals surface area contributed by atoms with E-state index in [0.717, 1.165) is 12.0 Å². The molecule has 0 amide bonds. The Labute approximate surface area is 186 Å². The van der Waals surface area contributed by atoms with Crippen LogP contribution in [-0.4, -0.2) is 68.4 Å². The van der Waals surface area contributed by atoms with Gasteiger partial charge in [0.1, 0.15) is 25.1 Å². The van der Waals surface area contributed by atoms with Crippen LogP contribution in [0.3, 0.4) is 0 Å². The quantitative estimate of drug-likeness (QED) is 0.349. The third-order valence-electron chi connectivity index (χ3n) is 4.77. The lowest BCUT2D eigenvalue weighted by Gasteiger charge is -2.25. The molecule has 0 spiro atoms. The molecule has 0 unspecified atom stereocenters. The topological polar surface area (TPSA) is 116 Å². The van der Waals surface area contributed by atoms with Gasteiger partial charge in [0.25, 0.3) is 0 Å². The zero-order valence-electron chi connectivity index (χ0n) is 18.2. The van der Waals surface area contributed by atoms with Gasteiger partial charge in [-0.05, 0) is 49.7 Å². The highest BCUT2D eigenvalue weighted by molar-refractivity contribution is 5.76. The van der Waals surface area contributed by atoms with E-state index in [1.807, 2.05) is 12.1 Å². The Morgan fingerprint density at radius 2 is 2.06 bits per heavy atom. The van der Waals surface area contributed by atoms with E-state index in [1.54, 1.807) is 19.1 Å². The molecular weight excluding hydrogens is 418 g/mol. The predicted molar refractivity (Wildman–Crippen MR) is 116 cm³/mol. The van der Waals surface area contributed by atoms with Gasteiger partial charge in [-0.15, -0.1) is 0 Å². The summed E-state index contributed by atoms with van der Waals surface area (Å²) < 4.78 is 27.0. The largest absolute Gasteiger partial charge is 0.508 e. The maximum Gasteiger partial charge on any atom is 0.350 e. The summed E-state index contributed by atoms with van der Waals surface area (Å²) in [6.45, 7) is 3.24. The third kappa shape index (κ3) is 6.41. The second-order valence-corrected chi connectivity index (χ2v) is 7.20. The van der Waals surface area contributed by atoms with Crippen molar-refractivity contribution in [1.82, 2.24) is 5.32 Å². The fraction of sp³-hybridized carbons (Fsp3) is 0.435. The second-order valence-electron chi connectivity index (χ2n) is 7.20. The lowest BCUT2D eigenvalue weighted by Crippen LogP contribution is -2.37. The van der Waals surface area contributed by atoms with Crippen molar-refractivity contribution in [2.75, 3.05) is 40.0 Å². The predicted octanol–water partition coefficient (Wildman–Crippen LogP) is 1.68. The van der Waals surface area contributed by atoms with Crippen molar-refractivity contribution < 1.29 is 38.7 Å². The number of ether oxygens (including phenoxy) is 5. The van der Waals surface area contributed by atoms with E-state index in [1.165, 1.54) is 19.2 Å². The first kappa shape index (κ1) is 23.5. The van der Waals surface area contributed by atoms with E-state index in [0.29, 0.717) is 42.7 Å². The van der Waals surface area contributed by atoms with Crippen molar-refractivity contribution in [3.8, 4) is 28.7 Å². The molecule has 2 atom stereocenters. The molecule has 1 aliphatic rings. The van der Waals surface area contributed by atoms with E-state index in [9.17, 15) is 15.0 Å². The summed E-state index contributed by atoms with van der Waals surface area (Å²) >= 11 is 0. The summed E-state index contributed by atoms with van der Waals surface area (Å²) in [5.41, 5.74) is 1.04. The molecule has 1 aliphatic heterocycles. The molecule has 0 fully saturated rings. The van der Waals surface area contributed by atoms with Crippen molar-refractivity contribution >= 4 is 5.97 Å². The van der Waals surface area contributed by atoms with E-state index in [-0.39, 0.29) is 19.0 Å². The average molecular weight is 447 g/mol. The lowest BCUT2D eigenvalue weighted by atomic mass is 10.1. The van der Waals surface area contributed by atoms with Crippen LogP contribution in [-0.2, 0) is 16.0 Å². The normalized spacial score (nSPS) is 15.7. The number of rotatable bonds is 11. The van der Waals surface area contributed by atoms with Crippen LogP contribution < -0.4 is 24.3 Å². The number of nitrogens with one attached hydrogen (secondary N) is 1. The van der Waals surface area contributed by atoms with Crippen molar-refractivity contribution in [2.24, 2.45) is 0 Å². The van der Waals surface area contributed by atoms with Gasteiger partial charge in [0.2, 0.25) is 6.10 Å². The van der Waals surface area contributed by atoms with Crippen LogP contribution in [0, 0.1) is 0 Å². The molecule has 2 aromatic rings. The molecule has 32 heavy (non-hydrogen) atoms. The molecule has 9 heteroatoms.